The van der Waals surface area contributed by atoms with Crippen LogP contribution in [0, 0.1) is 0 Å². The van der Waals surface area contributed by atoms with E-state index in [1.807, 2.05) is 30.1 Å². The molecule has 1 aromatic carbocycles. The number of pyridine rings is 1. The van der Waals surface area contributed by atoms with Crippen molar-refractivity contribution >= 4 is 29.9 Å². The van der Waals surface area contributed by atoms with Crippen molar-refractivity contribution in [3.05, 3.63) is 78.5 Å². The molecule has 0 spiro atoms. The van der Waals surface area contributed by atoms with Crippen molar-refractivity contribution in [1.29, 1.82) is 0 Å². The number of halogens is 1. The Morgan fingerprint density at radius 3 is 2.82 bits per heavy atom. The first-order chi connectivity index (χ1) is 15.8. The second-order valence-electron chi connectivity index (χ2n) is 8.23. The maximum absolute atomic E-state index is 6.13. The van der Waals surface area contributed by atoms with Gasteiger partial charge in [0.15, 0.2) is 5.96 Å². The Morgan fingerprint density at radius 2 is 2.03 bits per heavy atom. The van der Waals surface area contributed by atoms with Crippen LogP contribution in [0.5, 0.6) is 0 Å². The Balaban J connectivity index is 0.00000259. The molecule has 174 valence electrons. The van der Waals surface area contributed by atoms with E-state index in [2.05, 4.69) is 66.5 Å². The SMILES string of the molecule is CN=C(NCc1ccnc(-n2ccnc2)c1)N1CC2OCCN(Cc3ccccc3)C2C1.I. The van der Waals surface area contributed by atoms with E-state index in [-0.39, 0.29) is 30.1 Å². The van der Waals surface area contributed by atoms with Crippen molar-refractivity contribution in [2.24, 2.45) is 4.99 Å². The lowest BCUT2D eigenvalue weighted by atomic mass is 10.1. The number of nitrogens with one attached hydrogen (secondary N) is 1. The number of aromatic nitrogens is 3. The van der Waals surface area contributed by atoms with E-state index in [9.17, 15) is 0 Å². The smallest absolute Gasteiger partial charge is 0.194 e. The predicted octanol–water partition coefficient (Wildman–Crippen LogP) is 2.55. The summed E-state index contributed by atoms with van der Waals surface area (Å²) in [5.74, 6) is 1.76. The third kappa shape index (κ3) is 5.53. The Bertz CT molecular complexity index is 1040. The summed E-state index contributed by atoms with van der Waals surface area (Å²) in [6, 6.07) is 15.1. The third-order valence-corrected chi connectivity index (χ3v) is 6.19. The molecule has 2 unspecified atom stereocenters. The van der Waals surface area contributed by atoms with Crippen LogP contribution in [0.2, 0.25) is 0 Å². The first kappa shape index (κ1) is 23.7. The minimum Gasteiger partial charge on any atom is -0.373 e. The normalized spacial score (nSPS) is 20.9. The van der Waals surface area contributed by atoms with Crippen LogP contribution in [0.25, 0.3) is 5.82 Å². The molecule has 2 aliphatic rings. The number of ether oxygens (including phenoxy) is 1. The zero-order valence-electron chi connectivity index (χ0n) is 18.7. The van der Waals surface area contributed by atoms with Crippen LogP contribution < -0.4 is 5.32 Å². The molecule has 9 heteroatoms. The van der Waals surface area contributed by atoms with Gasteiger partial charge >= 0.3 is 0 Å². The number of guanidine groups is 1. The number of rotatable bonds is 5. The van der Waals surface area contributed by atoms with Gasteiger partial charge in [-0.2, -0.15) is 0 Å². The molecule has 0 aliphatic carbocycles. The van der Waals surface area contributed by atoms with E-state index in [4.69, 9.17) is 4.74 Å². The number of morpholine rings is 1. The molecular weight excluding hydrogens is 529 g/mol. The van der Waals surface area contributed by atoms with Crippen LogP contribution in [-0.4, -0.2) is 75.7 Å². The molecule has 4 heterocycles. The molecule has 3 aromatic rings. The van der Waals surface area contributed by atoms with Crippen molar-refractivity contribution in [2.75, 3.05) is 33.3 Å². The molecule has 8 nitrogen and oxygen atoms in total. The quantitative estimate of drug-likeness (QED) is 0.295. The van der Waals surface area contributed by atoms with Crippen LogP contribution in [0.15, 0.2) is 72.4 Å². The van der Waals surface area contributed by atoms with Gasteiger partial charge in [0.25, 0.3) is 0 Å². The van der Waals surface area contributed by atoms with Crippen molar-refractivity contribution in [3.8, 4) is 5.82 Å². The highest BCUT2D eigenvalue weighted by Crippen LogP contribution is 2.24. The van der Waals surface area contributed by atoms with E-state index >= 15 is 0 Å². The van der Waals surface area contributed by atoms with Crippen LogP contribution in [0.4, 0.5) is 0 Å². The van der Waals surface area contributed by atoms with Gasteiger partial charge in [0, 0.05) is 58.4 Å². The first-order valence-electron chi connectivity index (χ1n) is 11.1. The number of fused-ring (bicyclic) bond motifs is 1. The van der Waals surface area contributed by atoms with Crippen molar-refractivity contribution in [3.63, 3.8) is 0 Å². The molecule has 2 saturated heterocycles. The van der Waals surface area contributed by atoms with Crippen molar-refractivity contribution < 1.29 is 4.74 Å². The molecule has 2 fully saturated rings. The van der Waals surface area contributed by atoms with Gasteiger partial charge in [0.05, 0.1) is 18.8 Å². The number of nitrogens with zero attached hydrogens (tertiary/aromatic N) is 6. The third-order valence-electron chi connectivity index (χ3n) is 6.19. The van der Waals surface area contributed by atoms with Gasteiger partial charge in [-0.3, -0.25) is 14.5 Å². The number of imidazole rings is 1. The lowest BCUT2D eigenvalue weighted by Crippen LogP contribution is -2.50. The van der Waals surface area contributed by atoms with Gasteiger partial charge in [0.2, 0.25) is 0 Å². The molecule has 2 aliphatic heterocycles. The first-order valence-corrected chi connectivity index (χ1v) is 11.1. The summed E-state index contributed by atoms with van der Waals surface area (Å²) in [4.78, 5) is 18.0. The van der Waals surface area contributed by atoms with Crippen LogP contribution in [0.1, 0.15) is 11.1 Å². The van der Waals surface area contributed by atoms with Crippen LogP contribution in [0.3, 0.4) is 0 Å². The van der Waals surface area contributed by atoms with Crippen LogP contribution >= 0.6 is 24.0 Å². The Labute approximate surface area is 211 Å². The average molecular weight is 559 g/mol. The monoisotopic (exact) mass is 559 g/mol. The minimum atomic E-state index is 0. The average Bonchev–Trinajstić information content (AvgIpc) is 3.51. The predicted molar refractivity (Wildman–Crippen MR) is 139 cm³/mol. The van der Waals surface area contributed by atoms with Gasteiger partial charge in [-0.1, -0.05) is 30.3 Å². The van der Waals surface area contributed by atoms with Gasteiger partial charge < -0.3 is 15.0 Å². The fourth-order valence-corrected chi connectivity index (χ4v) is 4.57. The second kappa shape index (κ2) is 11.1. The Hall–Kier alpha value is -2.50. The van der Waals surface area contributed by atoms with Crippen molar-refractivity contribution in [1.82, 2.24) is 29.7 Å². The van der Waals surface area contributed by atoms with Gasteiger partial charge in [0.1, 0.15) is 12.1 Å². The molecule has 2 atom stereocenters. The van der Waals surface area contributed by atoms with E-state index in [0.29, 0.717) is 12.6 Å². The summed E-state index contributed by atoms with van der Waals surface area (Å²) in [6.07, 6.45) is 7.44. The van der Waals surface area contributed by atoms with Gasteiger partial charge in [-0.15, -0.1) is 24.0 Å². The van der Waals surface area contributed by atoms with Gasteiger partial charge in [-0.05, 0) is 23.3 Å². The highest BCUT2D eigenvalue weighted by Gasteiger charge is 2.41. The lowest BCUT2D eigenvalue weighted by molar-refractivity contribution is -0.0502. The number of aliphatic imine (C=N–C) groups is 1. The van der Waals surface area contributed by atoms with Crippen LogP contribution in [-0.2, 0) is 17.8 Å². The summed E-state index contributed by atoms with van der Waals surface area (Å²) in [5, 5.41) is 3.52. The summed E-state index contributed by atoms with van der Waals surface area (Å²) in [7, 11) is 1.84. The number of hydrogen-bond donors (Lipinski definition) is 1. The van der Waals surface area contributed by atoms with E-state index in [0.717, 1.165) is 50.1 Å². The zero-order valence-corrected chi connectivity index (χ0v) is 21.1. The highest BCUT2D eigenvalue weighted by molar-refractivity contribution is 14.0. The molecular formula is C24H30IN7O. The maximum atomic E-state index is 6.13. The lowest BCUT2D eigenvalue weighted by Gasteiger charge is -2.36. The largest absolute Gasteiger partial charge is 0.373 e. The maximum Gasteiger partial charge on any atom is 0.194 e. The van der Waals surface area contributed by atoms with Gasteiger partial charge in [-0.25, -0.2) is 9.97 Å². The Kier molecular flexibility index (Phi) is 7.94. The zero-order chi connectivity index (χ0) is 21.8. The molecule has 5 rings (SSSR count). The van der Waals surface area contributed by atoms with Crippen molar-refractivity contribution in [2.45, 2.75) is 25.2 Å². The summed E-state index contributed by atoms with van der Waals surface area (Å²) < 4.78 is 8.04. The van der Waals surface area contributed by atoms with E-state index < -0.39 is 0 Å². The Morgan fingerprint density at radius 1 is 1.15 bits per heavy atom. The standard InChI is InChI=1S/C24H29N7O.HI/c1-25-24(28-14-20-7-8-27-23(13-20)30-10-9-26-18-30)31-16-21-22(17-31)32-12-11-29(21)15-19-5-3-2-4-6-19;/h2-10,13,18,21-22H,11-12,14-17H2,1H3,(H,25,28);1H. The number of hydrogen-bond acceptors (Lipinski definition) is 5. The number of benzene rings is 1. The highest BCUT2D eigenvalue weighted by atomic mass is 127. The summed E-state index contributed by atoms with van der Waals surface area (Å²) in [6.45, 7) is 5.14. The van der Waals surface area contributed by atoms with E-state index in [1.54, 1.807) is 12.5 Å². The molecule has 0 saturated carbocycles. The number of likely N-dealkylation sites (tertiary alicyclic amines) is 1. The molecule has 0 bridgehead atoms. The molecule has 0 radical (unpaired) electrons. The molecule has 0 amide bonds. The molecule has 33 heavy (non-hydrogen) atoms. The fourth-order valence-electron chi connectivity index (χ4n) is 4.57. The topological polar surface area (TPSA) is 70.8 Å². The summed E-state index contributed by atoms with van der Waals surface area (Å²) in [5.41, 5.74) is 2.49. The molecule has 2 aromatic heterocycles. The molecule has 1 N–H and O–H groups in total. The van der Waals surface area contributed by atoms with E-state index in [1.165, 1.54) is 5.56 Å². The summed E-state index contributed by atoms with van der Waals surface area (Å²) >= 11 is 0. The fraction of sp³-hybridized carbons (Fsp3) is 0.375. The minimum absolute atomic E-state index is 0. The second-order valence-corrected chi connectivity index (χ2v) is 8.23.